The fourth-order valence-corrected chi connectivity index (χ4v) is 5.06. The average molecular weight is 413 g/mol. The zero-order valence-corrected chi connectivity index (χ0v) is 17.1. The molecule has 1 aliphatic carbocycles. The summed E-state index contributed by atoms with van der Waals surface area (Å²) in [5.41, 5.74) is 2.82. The number of benzene rings is 2. The predicted molar refractivity (Wildman–Crippen MR) is 114 cm³/mol. The topological polar surface area (TPSA) is 84.3 Å². The van der Waals surface area contributed by atoms with Crippen LogP contribution in [0.1, 0.15) is 37.3 Å². The van der Waals surface area contributed by atoms with E-state index in [2.05, 4.69) is 4.98 Å². The molecular formula is C22H24N2O4S. The van der Waals surface area contributed by atoms with E-state index in [0.717, 1.165) is 27.4 Å². The highest BCUT2D eigenvalue weighted by Gasteiger charge is 2.28. The zero-order valence-electron chi connectivity index (χ0n) is 16.3. The van der Waals surface area contributed by atoms with E-state index in [-0.39, 0.29) is 17.6 Å². The van der Waals surface area contributed by atoms with Gasteiger partial charge < -0.3 is 14.8 Å². The molecule has 0 atom stereocenters. The first-order valence-electron chi connectivity index (χ1n) is 9.78. The Hall–Kier alpha value is -2.67. The maximum atomic E-state index is 12.7. The fourth-order valence-electron chi connectivity index (χ4n) is 4.07. The van der Waals surface area contributed by atoms with Crippen LogP contribution in [0.3, 0.4) is 0 Å². The van der Waals surface area contributed by atoms with E-state index in [4.69, 9.17) is 4.74 Å². The Kier molecular flexibility index (Phi) is 5.67. The van der Waals surface area contributed by atoms with Crippen LogP contribution in [0.15, 0.2) is 52.2 Å². The van der Waals surface area contributed by atoms with Crippen LogP contribution in [0.4, 0.5) is 0 Å². The molecule has 1 fully saturated rings. The number of ether oxygens (including phenoxy) is 1. The molecule has 4 rings (SSSR count). The summed E-state index contributed by atoms with van der Waals surface area (Å²) >= 11 is 1.69. The molecule has 0 radical (unpaired) electrons. The Morgan fingerprint density at radius 3 is 2.55 bits per heavy atom. The van der Waals surface area contributed by atoms with Gasteiger partial charge in [-0.1, -0.05) is 18.2 Å². The molecular weight excluding hydrogens is 388 g/mol. The number of imidazole rings is 1. The van der Waals surface area contributed by atoms with Gasteiger partial charge in [0.1, 0.15) is 5.75 Å². The minimum absolute atomic E-state index is 0.0497. The third-order valence-corrected chi connectivity index (χ3v) is 6.81. The van der Waals surface area contributed by atoms with Gasteiger partial charge in [-0.25, -0.2) is 4.79 Å². The van der Waals surface area contributed by atoms with Gasteiger partial charge >= 0.3 is 11.7 Å². The normalized spacial score (nSPS) is 19.3. The number of carbonyl (C=O) groups is 1. The van der Waals surface area contributed by atoms with E-state index in [9.17, 15) is 14.7 Å². The lowest BCUT2D eigenvalue weighted by Crippen LogP contribution is -2.28. The summed E-state index contributed by atoms with van der Waals surface area (Å²) in [5.74, 6) is 0.606. The van der Waals surface area contributed by atoms with E-state index >= 15 is 0 Å². The van der Waals surface area contributed by atoms with Crippen LogP contribution in [-0.2, 0) is 10.5 Å². The lowest BCUT2D eigenvalue weighted by atomic mass is 9.86. The molecule has 1 heterocycles. The largest absolute Gasteiger partial charge is 0.497 e. The molecule has 1 saturated carbocycles. The van der Waals surface area contributed by atoms with Crippen LogP contribution in [-0.4, -0.2) is 27.7 Å². The minimum atomic E-state index is -0.730. The summed E-state index contributed by atoms with van der Waals surface area (Å²) in [7, 11) is 1.65. The van der Waals surface area contributed by atoms with Crippen molar-refractivity contribution in [3.63, 3.8) is 0 Å². The van der Waals surface area contributed by atoms with Crippen LogP contribution in [0, 0.1) is 5.92 Å². The van der Waals surface area contributed by atoms with E-state index < -0.39 is 5.97 Å². The number of nitrogens with one attached hydrogen (secondary N) is 1. The van der Waals surface area contributed by atoms with Crippen molar-refractivity contribution in [2.75, 3.05) is 7.11 Å². The number of aromatic amines is 1. The second-order valence-corrected chi connectivity index (χ2v) is 8.45. The van der Waals surface area contributed by atoms with Gasteiger partial charge in [0.05, 0.1) is 24.1 Å². The number of thioether (sulfide) groups is 1. The summed E-state index contributed by atoms with van der Waals surface area (Å²) in [6.07, 6.45) is 2.66. The van der Waals surface area contributed by atoms with E-state index in [0.29, 0.717) is 25.7 Å². The number of H-pyrrole nitrogens is 1. The monoisotopic (exact) mass is 412 g/mol. The highest BCUT2D eigenvalue weighted by atomic mass is 32.2. The van der Waals surface area contributed by atoms with Crippen molar-refractivity contribution in [3.05, 3.63) is 58.5 Å². The van der Waals surface area contributed by atoms with Crippen molar-refractivity contribution in [1.29, 1.82) is 0 Å². The van der Waals surface area contributed by atoms with Crippen LogP contribution in [0.5, 0.6) is 5.75 Å². The number of aromatic nitrogens is 2. The predicted octanol–water partition coefficient (Wildman–Crippen LogP) is 4.45. The van der Waals surface area contributed by atoms with Gasteiger partial charge in [-0.05, 0) is 55.5 Å². The number of aliphatic carboxylic acids is 1. The van der Waals surface area contributed by atoms with Crippen molar-refractivity contribution < 1.29 is 14.6 Å². The first-order chi connectivity index (χ1) is 14.1. The van der Waals surface area contributed by atoms with E-state index in [1.54, 1.807) is 18.9 Å². The second-order valence-electron chi connectivity index (χ2n) is 7.43. The Morgan fingerprint density at radius 1 is 1.17 bits per heavy atom. The smallest absolute Gasteiger partial charge is 0.326 e. The first kappa shape index (κ1) is 19.6. The summed E-state index contributed by atoms with van der Waals surface area (Å²) in [6, 6.07) is 14.0. The van der Waals surface area contributed by atoms with Crippen molar-refractivity contribution in [1.82, 2.24) is 9.55 Å². The molecule has 0 aliphatic heterocycles. The lowest BCUT2D eigenvalue weighted by Gasteiger charge is -2.27. The number of hydrogen-bond acceptors (Lipinski definition) is 4. The molecule has 0 unspecified atom stereocenters. The van der Waals surface area contributed by atoms with E-state index in [1.165, 1.54) is 5.56 Å². The number of carboxylic acids is 1. The number of methoxy groups -OCH3 is 1. The van der Waals surface area contributed by atoms with Gasteiger partial charge in [0.2, 0.25) is 0 Å². The van der Waals surface area contributed by atoms with Gasteiger partial charge in [-0.15, -0.1) is 11.8 Å². The maximum absolute atomic E-state index is 12.7. The maximum Gasteiger partial charge on any atom is 0.326 e. The highest BCUT2D eigenvalue weighted by Crippen LogP contribution is 2.35. The number of para-hydroxylation sites is 1. The lowest BCUT2D eigenvalue weighted by molar-refractivity contribution is -0.143. The quantitative estimate of drug-likeness (QED) is 0.585. The van der Waals surface area contributed by atoms with Gasteiger partial charge in [-0.2, -0.15) is 0 Å². The number of rotatable bonds is 6. The molecule has 2 N–H and O–H groups in total. The Bertz CT molecular complexity index is 1060. The molecule has 3 aromatic rings. The molecule has 1 aliphatic rings. The van der Waals surface area contributed by atoms with Gasteiger partial charge in [0, 0.05) is 16.7 Å². The van der Waals surface area contributed by atoms with Crippen molar-refractivity contribution in [2.45, 2.75) is 42.4 Å². The number of nitrogens with zero attached hydrogens (tertiary/aromatic N) is 1. The molecule has 1 aromatic heterocycles. The third-order valence-electron chi connectivity index (χ3n) is 5.68. The van der Waals surface area contributed by atoms with Crippen molar-refractivity contribution >= 4 is 28.8 Å². The molecule has 7 heteroatoms. The summed E-state index contributed by atoms with van der Waals surface area (Å²) in [5, 5.41) is 9.22. The summed E-state index contributed by atoms with van der Waals surface area (Å²) in [6.45, 7) is 0. The van der Waals surface area contributed by atoms with E-state index in [1.807, 2.05) is 47.0 Å². The minimum Gasteiger partial charge on any atom is -0.497 e. The molecule has 2 aromatic carbocycles. The third kappa shape index (κ3) is 4.05. The summed E-state index contributed by atoms with van der Waals surface area (Å²) in [4.78, 5) is 28.0. The molecule has 0 amide bonds. The van der Waals surface area contributed by atoms with Crippen molar-refractivity contribution in [3.8, 4) is 5.75 Å². The molecule has 152 valence electrons. The first-order valence-corrected chi connectivity index (χ1v) is 10.8. The standard InChI is InChI=1S/C22H24N2O4S/c1-28-17-11-5-14(6-12-17)13-29-19-4-2-3-18-20(19)23-22(27)24(18)16-9-7-15(8-10-16)21(25)26/h2-6,11-12,15-16H,7-10,13H2,1H3,(H,23,27)(H,25,26). The van der Waals surface area contributed by atoms with Crippen LogP contribution in [0.25, 0.3) is 11.0 Å². The van der Waals surface area contributed by atoms with Crippen LogP contribution < -0.4 is 10.4 Å². The average Bonchev–Trinajstić information content (AvgIpc) is 3.09. The summed E-state index contributed by atoms with van der Waals surface area (Å²) < 4.78 is 7.03. The number of fused-ring (bicyclic) bond motifs is 1. The zero-order chi connectivity index (χ0) is 20.4. The SMILES string of the molecule is COc1ccc(CSc2cccc3c2[nH]c(=O)n3C2CCC(C(=O)O)CC2)cc1. The molecule has 0 bridgehead atoms. The highest BCUT2D eigenvalue weighted by molar-refractivity contribution is 7.98. The van der Waals surface area contributed by atoms with Gasteiger partial charge in [0.15, 0.2) is 0 Å². The molecule has 0 spiro atoms. The molecule has 0 saturated heterocycles. The number of carboxylic acid groups (broad SMARTS) is 1. The van der Waals surface area contributed by atoms with Crippen molar-refractivity contribution in [2.24, 2.45) is 5.92 Å². The number of hydrogen-bond donors (Lipinski definition) is 2. The Labute approximate surface area is 172 Å². The van der Waals surface area contributed by atoms with Crippen LogP contribution in [0.2, 0.25) is 0 Å². The van der Waals surface area contributed by atoms with Crippen LogP contribution >= 0.6 is 11.8 Å². The molecule has 6 nitrogen and oxygen atoms in total. The molecule has 29 heavy (non-hydrogen) atoms. The Balaban J connectivity index is 1.55. The van der Waals surface area contributed by atoms with Gasteiger partial charge in [0.25, 0.3) is 0 Å². The second kappa shape index (κ2) is 8.37. The van der Waals surface area contributed by atoms with Gasteiger partial charge in [-0.3, -0.25) is 9.36 Å². The Morgan fingerprint density at radius 2 is 1.90 bits per heavy atom. The fraction of sp³-hybridized carbons (Fsp3) is 0.364.